The van der Waals surface area contributed by atoms with Crippen LogP contribution in [-0.4, -0.2) is 23.1 Å². The molecule has 0 amide bonds. The van der Waals surface area contributed by atoms with Gasteiger partial charge in [-0.2, -0.15) is 0 Å². The van der Waals surface area contributed by atoms with E-state index >= 15 is 0 Å². The molecule has 4 nitrogen and oxygen atoms in total. The molecule has 9 aromatic rings. The summed E-state index contributed by atoms with van der Waals surface area (Å²) < 4.78 is 0. The lowest BCUT2D eigenvalue weighted by molar-refractivity contribution is -0.129. The Balaban J connectivity index is 0.000000210. The number of carbonyl (C=O) groups excluding carboxylic acids is 4. The molecule has 0 atom stereocenters. The predicted octanol–water partition coefficient (Wildman–Crippen LogP) is 20.7. The molecule has 5 heteroatoms. The highest BCUT2D eigenvalue weighted by atomic mass is 35.5. The Hall–Kier alpha value is -8.05. The van der Waals surface area contributed by atoms with Crippen LogP contribution in [0.1, 0.15) is 165 Å². The molecule has 0 unspecified atom stereocenters. The van der Waals surface area contributed by atoms with Crippen molar-refractivity contribution < 1.29 is 19.2 Å². The summed E-state index contributed by atoms with van der Waals surface area (Å²) in [5.74, 6) is 0.901. The summed E-state index contributed by atoms with van der Waals surface area (Å²) in [4.78, 5) is 50.7. The molecule has 0 aliphatic rings. The lowest BCUT2D eigenvalue weighted by Gasteiger charge is -2.39. The smallest absolute Gasteiger partial charge is 0.168 e. The van der Waals surface area contributed by atoms with Crippen molar-refractivity contribution in [3.63, 3.8) is 0 Å². The van der Waals surface area contributed by atoms with Crippen LogP contribution in [0, 0.1) is 21.7 Å². The van der Waals surface area contributed by atoms with E-state index in [1.807, 2.05) is 271 Å². The van der Waals surface area contributed by atoms with Crippen LogP contribution in [0.3, 0.4) is 0 Å². The van der Waals surface area contributed by atoms with Crippen LogP contribution in [-0.2, 0) is 29.5 Å². The van der Waals surface area contributed by atoms with Gasteiger partial charge >= 0.3 is 0 Å². The highest BCUT2D eigenvalue weighted by Gasteiger charge is 2.48. The highest BCUT2D eigenvalue weighted by molar-refractivity contribution is 6.38. The summed E-state index contributed by atoms with van der Waals surface area (Å²) in [5.41, 5.74) is 6.91. The minimum atomic E-state index is -1.14. The first kappa shape index (κ1) is 68.7. The number of halogens is 1. The summed E-state index contributed by atoms with van der Waals surface area (Å²) in [5, 5.41) is 0. The third-order valence-electron chi connectivity index (χ3n) is 15.1. The van der Waals surface area contributed by atoms with Crippen LogP contribution >= 0.6 is 11.6 Å². The Kier molecular flexibility index (Phi) is 24.7. The molecule has 0 saturated carbocycles. The van der Waals surface area contributed by atoms with Gasteiger partial charge in [-0.3, -0.25) is 19.2 Å². The molecule has 0 spiro atoms. The number of hydrogen-bond donors (Lipinski definition) is 0. The molecule has 86 heavy (non-hydrogen) atoms. The minimum absolute atomic E-state index is 0. The molecule has 0 fully saturated rings. The van der Waals surface area contributed by atoms with Gasteiger partial charge in [0.2, 0.25) is 0 Å². The zero-order chi connectivity index (χ0) is 61.9. The summed E-state index contributed by atoms with van der Waals surface area (Å²) in [7, 11) is 0. The van der Waals surface area contributed by atoms with Gasteiger partial charge in [-0.1, -0.05) is 363 Å². The molecule has 9 aromatic carbocycles. The van der Waals surface area contributed by atoms with Crippen LogP contribution in [0.4, 0.5) is 0 Å². The maximum Gasteiger partial charge on any atom is 0.168 e. The second-order valence-corrected chi connectivity index (χ2v) is 26.4. The van der Waals surface area contributed by atoms with Crippen molar-refractivity contribution in [3.05, 3.63) is 323 Å². The largest absolute Gasteiger partial charge is 0.299 e. The lowest BCUT2D eigenvalue weighted by Crippen LogP contribution is -2.45. The standard InChI is InChI=1S/C24H24O.C20H24O.C18H19ClO.C18H20O.CH4/c1-23(2,3)22(25)24(19-13-7-4-8-14-19,20-15-9-5-10-16-20)21-17-11-6-12-18-21;1-20(2,3)19(21)15-14-18(16-10-6-4-7-11-16)17-12-8-5-9-13-17;1-17(2,3)16(20)18(19,14-10-6-4-7-11-14)15-12-8-5-9-13-15;1-18(2,3)17(19)16(14-10-6-4-7-11-14)15-12-8-5-9-13-15;/h4-18H,1-3H3;4-13,18H,14-15H2,1-3H3;4-13H,1-3H3;4-13,16H,1-3H3;1H4. The van der Waals surface area contributed by atoms with E-state index in [4.69, 9.17) is 11.6 Å². The fourth-order valence-electron chi connectivity index (χ4n) is 10.6. The van der Waals surface area contributed by atoms with Crippen molar-refractivity contribution in [3.8, 4) is 0 Å². The van der Waals surface area contributed by atoms with Gasteiger partial charge in [0, 0.05) is 34.0 Å². The number of ketones is 4. The Labute approximate surface area is 521 Å². The van der Waals surface area contributed by atoms with Gasteiger partial charge in [0.05, 0.1) is 5.92 Å². The van der Waals surface area contributed by atoms with Crippen molar-refractivity contribution in [2.45, 2.75) is 125 Å². The summed E-state index contributed by atoms with van der Waals surface area (Å²) in [6, 6.07) is 90.4. The van der Waals surface area contributed by atoms with Gasteiger partial charge in [-0.25, -0.2) is 0 Å². The first-order valence-corrected chi connectivity index (χ1v) is 30.0. The predicted molar refractivity (Wildman–Crippen MR) is 362 cm³/mol. The fourth-order valence-corrected chi connectivity index (χ4v) is 11.1. The lowest BCUT2D eigenvalue weighted by atomic mass is 9.61. The van der Waals surface area contributed by atoms with Crippen LogP contribution < -0.4 is 0 Å². The zero-order valence-electron chi connectivity index (χ0n) is 52.1. The summed E-state index contributed by atoms with van der Waals surface area (Å²) >= 11 is 6.88. The van der Waals surface area contributed by atoms with Crippen LogP contribution in [0.15, 0.2) is 273 Å². The van der Waals surface area contributed by atoms with Crippen LogP contribution in [0.2, 0.25) is 0 Å². The van der Waals surface area contributed by atoms with E-state index < -0.39 is 21.1 Å². The Morgan fingerprint density at radius 1 is 0.314 bits per heavy atom. The highest BCUT2D eigenvalue weighted by Crippen LogP contribution is 2.45. The molecule has 0 saturated heterocycles. The number of benzene rings is 9. The van der Waals surface area contributed by atoms with Crippen molar-refractivity contribution >= 4 is 34.7 Å². The molecule has 0 aromatic heterocycles. The van der Waals surface area contributed by atoms with E-state index in [1.54, 1.807) is 0 Å². The summed E-state index contributed by atoms with van der Waals surface area (Å²) in [6.07, 6.45) is 1.49. The van der Waals surface area contributed by atoms with E-state index in [0.29, 0.717) is 18.1 Å². The quantitative estimate of drug-likeness (QED) is 0.0758. The average Bonchev–Trinajstić information content (AvgIpc) is 0.968. The van der Waals surface area contributed by atoms with E-state index in [1.165, 1.54) is 11.1 Å². The normalized spacial score (nSPS) is 11.7. The van der Waals surface area contributed by atoms with E-state index in [0.717, 1.165) is 45.4 Å². The monoisotopic (exact) mass is 1160 g/mol. The molecule has 0 bridgehead atoms. The molecule has 9 rings (SSSR count). The second kappa shape index (κ2) is 30.9. The van der Waals surface area contributed by atoms with Crippen molar-refractivity contribution in [1.82, 2.24) is 0 Å². The topological polar surface area (TPSA) is 68.3 Å². The molecule has 0 radical (unpaired) electrons. The first-order chi connectivity index (χ1) is 40.3. The van der Waals surface area contributed by atoms with Crippen LogP contribution in [0.5, 0.6) is 0 Å². The zero-order valence-corrected chi connectivity index (χ0v) is 52.8. The Morgan fingerprint density at radius 3 is 0.802 bits per heavy atom. The van der Waals surface area contributed by atoms with Gasteiger partial charge in [0.15, 0.2) is 16.4 Å². The minimum Gasteiger partial charge on any atom is -0.299 e. The first-order valence-electron chi connectivity index (χ1n) is 29.7. The number of rotatable bonds is 15. The van der Waals surface area contributed by atoms with Gasteiger partial charge in [0.1, 0.15) is 17.0 Å². The number of hydrogen-bond acceptors (Lipinski definition) is 4. The molecular formula is C81H91ClO4. The van der Waals surface area contributed by atoms with E-state index in [9.17, 15) is 19.2 Å². The number of alkyl halides is 1. The summed E-state index contributed by atoms with van der Waals surface area (Å²) in [6.45, 7) is 23.6. The molecule has 0 N–H and O–H groups in total. The van der Waals surface area contributed by atoms with Crippen LogP contribution in [0.25, 0.3) is 0 Å². The maximum absolute atomic E-state index is 13.9. The molecule has 0 aliphatic carbocycles. The molecule has 446 valence electrons. The third-order valence-corrected chi connectivity index (χ3v) is 15.8. The molecule has 0 heterocycles. The maximum atomic E-state index is 13.9. The van der Waals surface area contributed by atoms with Crippen molar-refractivity contribution in [2.24, 2.45) is 21.7 Å². The van der Waals surface area contributed by atoms with Gasteiger partial charge in [0.25, 0.3) is 0 Å². The number of carbonyl (C=O) groups is 4. The number of Topliss-reactive ketones (excluding diaryl/α,β-unsaturated/α-hetero) is 4. The van der Waals surface area contributed by atoms with Gasteiger partial charge in [-0.15, -0.1) is 11.6 Å². The van der Waals surface area contributed by atoms with Gasteiger partial charge < -0.3 is 0 Å². The SMILES string of the molecule is C.CC(C)(C)C(=O)C(Cl)(c1ccccc1)c1ccccc1.CC(C)(C)C(=O)C(c1ccccc1)(c1ccccc1)c1ccccc1.CC(C)(C)C(=O)C(c1ccccc1)c1ccccc1.CC(C)(C)C(=O)CCC(c1ccccc1)c1ccccc1. The van der Waals surface area contributed by atoms with Crippen molar-refractivity contribution in [1.29, 1.82) is 0 Å². The fraction of sp³-hybridized carbons (Fsp3) is 0.284. The van der Waals surface area contributed by atoms with Crippen molar-refractivity contribution in [2.75, 3.05) is 0 Å². The van der Waals surface area contributed by atoms with Gasteiger partial charge in [-0.05, 0) is 56.5 Å². The Morgan fingerprint density at radius 2 is 0.558 bits per heavy atom. The second-order valence-electron chi connectivity index (χ2n) is 25.9. The molecular weight excluding hydrogens is 1070 g/mol. The third kappa shape index (κ3) is 17.8. The average molecular weight is 1160 g/mol. The van der Waals surface area contributed by atoms with E-state index in [2.05, 4.69) is 84.9 Å². The Bertz CT molecular complexity index is 3230. The molecule has 0 aliphatic heterocycles. The van der Waals surface area contributed by atoms with E-state index in [-0.39, 0.29) is 41.5 Å².